The molecule has 0 spiro atoms. The van der Waals surface area contributed by atoms with Gasteiger partial charge in [-0.2, -0.15) is 0 Å². The molecule has 0 aliphatic rings. The van der Waals surface area contributed by atoms with Crippen molar-refractivity contribution < 1.29 is 19.1 Å². The molecule has 0 unspecified atom stereocenters. The van der Waals surface area contributed by atoms with Crippen LogP contribution in [0.25, 0.3) is 0 Å². The lowest BCUT2D eigenvalue weighted by molar-refractivity contribution is -0.118. The summed E-state index contributed by atoms with van der Waals surface area (Å²) in [5, 5.41) is 14.9. The second-order valence-electron chi connectivity index (χ2n) is 7.71. The number of amides is 2. The molecule has 1 heterocycles. The number of nitrogens with one attached hydrogen (secondary N) is 2. The Bertz CT molecular complexity index is 1060. The molecular weight excluding hydrogens is 416 g/mol. The summed E-state index contributed by atoms with van der Waals surface area (Å²) in [6, 6.07) is 13.6. The molecular formula is C22H24N4O4S. The van der Waals surface area contributed by atoms with Crippen LogP contribution < -0.4 is 20.1 Å². The number of ether oxygens (including phenoxy) is 2. The van der Waals surface area contributed by atoms with Crippen molar-refractivity contribution in [3.63, 3.8) is 0 Å². The normalized spacial score (nSPS) is 11.0. The van der Waals surface area contributed by atoms with Crippen molar-refractivity contribution in [1.82, 2.24) is 10.2 Å². The van der Waals surface area contributed by atoms with Gasteiger partial charge in [0.2, 0.25) is 5.13 Å². The van der Waals surface area contributed by atoms with Crippen LogP contribution in [0.5, 0.6) is 11.5 Å². The molecule has 9 heteroatoms. The van der Waals surface area contributed by atoms with Gasteiger partial charge in [-0.3, -0.25) is 14.9 Å². The second-order valence-corrected chi connectivity index (χ2v) is 8.69. The number of nitrogens with zero attached hydrogens (tertiary/aromatic N) is 2. The molecule has 3 rings (SSSR count). The van der Waals surface area contributed by atoms with E-state index in [1.165, 1.54) is 11.3 Å². The summed E-state index contributed by atoms with van der Waals surface area (Å²) in [6.45, 7) is 5.95. The summed E-state index contributed by atoms with van der Waals surface area (Å²) in [6.07, 6.45) is 0. The summed E-state index contributed by atoms with van der Waals surface area (Å²) in [4.78, 5) is 24.5. The predicted molar refractivity (Wildman–Crippen MR) is 120 cm³/mol. The maximum Gasteiger partial charge on any atom is 0.262 e. The van der Waals surface area contributed by atoms with Gasteiger partial charge in [-0.1, -0.05) is 38.2 Å². The van der Waals surface area contributed by atoms with Crippen LogP contribution in [-0.2, 0) is 10.2 Å². The Morgan fingerprint density at radius 2 is 1.74 bits per heavy atom. The van der Waals surface area contributed by atoms with Gasteiger partial charge in [0, 0.05) is 22.7 Å². The summed E-state index contributed by atoms with van der Waals surface area (Å²) in [5.74, 6) is 0.527. The summed E-state index contributed by atoms with van der Waals surface area (Å²) in [5.41, 5.74) is 0.936. The Labute approximate surface area is 184 Å². The average molecular weight is 441 g/mol. The maximum atomic E-state index is 12.4. The van der Waals surface area contributed by atoms with Gasteiger partial charge in [-0.15, -0.1) is 10.2 Å². The average Bonchev–Trinajstić information content (AvgIpc) is 3.22. The van der Waals surface area contributed by atoms with E-state index in [4.69, 9.17) is 9.47 Å². The van der Waals surface area contributed by atoms with Crippen LogP contribution in [0.4, 0.5) is 10.8 Å². The highest BCUT2D eigenvalue weighted by Gasteiger charge is 2.20. The standard InChI is InChI=1S/C22H24N4O4S/c1-22(2,3)20-25-26-21(31-20)24-19(28)14-8-10-16(11-9-14)30-13-18(27)23-15-6-5-7-17(12-15)29-4/h5-12H,13H2,1-4H3,(H,23,27)(H,24,26,28). The Morgan fingerprint density at radius 3 is 2.39 bits per heavy atom. The minimum absolute atomic E-state index is 0.126. The molecule has 162 valence electrons. The molecule has 2 N–H and O–H groups in total. The highest BCUT2D eigenvalue weighted by molar-refractivity contribution is 7.15. The van der Waals surface area contributed by atoms with Crippen molar-refractivity contribution >= 4 is 34.0 Å². The number of benzene rings is 2. The van der Waals surface area contributed by atoms with Gasteiger partial charge < -0.3 is 14.8 Å². The molecule has 0 aliphatic heterocycles. The van der Waals surface area contributed by atoms with Crippen LogP contribution in [0.1, 0.15) is 36.1 Å². The van der Waals surface area contributed by atoms with E-state index in [0.717, 1.165) is 5.01 Å². The molecule has 31 heavy (non-hydrogen) atoms. The fourth-order valence-corrected chi connectivity index (χ4v) is 3.29. The number of hydrogen-bond acceptors (Lipinski definition) is 7. The first-order valence-corrected chi connectivity index (χ1v) is 10.4. The maximum absolute atomic E-state index is 12.4. The molecule has 2 aromatic carbocycles. The summed E-state index contributed by atoms with van der Waals surface area (Å²) < 4.78 is 10.6. The van der Waals surface area contributed by atoms with E-state index in [9.17, 15) is 9.59 Å². The summed E-state index contributed by atoms with van der Waals surface area (Å²) in [7, 11) is 1.56. The molecule has 0 bridgehead atoms. The monoisotopic (exact) mass is 440 g/mol. The Hall–Kier alpha value is -3.46. The van der Waals surface area contributed by atoms with Crippen LogP contribution in [-0.4, -0.2) is 35.7 Å². The van der Waals surface area contributed by atoms with Crippen molar-refractivity contribution in [2.75, 3.05) is 24.4 Å². The molecule has 0 saturated heterocycles. The van der Waals surface area contributed by atoms with Crippen molar-refractivity contribution in [3.8, 4) is 11.5 Å². The minimum atomic E-state index is -0.305. The second kappa shape index (κ2) is 9.57. The zero-order valence-corrected chi connectivity index (χ0v) is 18.6. The molecule has 3 aromatic rings. The fourth-order valence-electron chi connectivity index (χ4n) is 2.50. The number of carbonyl (C=O) groups excluding carboxylic acids is 2. The van der Waals surface area contributed by atoms with Crippen LogP contribution >= 0.6 is 11.3 Å². The highest BCUT2D eigenvalue weighted by Crippen LogP contribution is 2.28. The Kier molecular flexibility index (Phi) is 6.86. The molecule has 0 saturated carbocycles. The van der Waals surface area contributed by atoms with Gasteiger partial charge >= 0.3 is 0 Å². The number of anilines is 2. The molecule has 0 aliphatic carbocycles. The third kappa shape index (κ3) is 6.26. The third-order valence-corrected chi connectivity index (χ3v) is 5.39. The lowest BCUT2D eigenvalue weighted by Crippen LogP contribution is -2.20. The largest absolute Gasteiger partial charge is 0.497 e. The molecule has 2 amide bonds. The topological polar surface area (TPSA) is 102 Å². The smallest absolute Gasteiger partial charge is 0.262 e. The SMILES string of the molecule is COc1cccc(NC(=O)COc2ccc(C(=O)Nc3nnc(C(C)(C)C)s3)cc2)c1. The number of rotatable bonds is 7. The number of carbonyl (C=O) groups is 2. The van der Waals surface area contributed by atoms with Crippen molar-refractivity contribution in [3.05, 3.63) is 59.1 Å². The van der Waals surface area contributed by atoms with Gasteiger partial charge in [-0.25, -0.2) is 0 Å². The molecule has 0 radical (unpaired) electrons. The van der Waals surface area contributed by atoms with Crippen molar-refractivity contribution in [2.24, 2.45) is 0 Å². The van der Waals surface area contributed by atoms with E-state index < -0.39 is 0 Å². The van der Waals surface area contributed by atoms with Gasteiger partial charge in [0.15, 0.2) is 6.61 Å². The molecule has 8 nitrogen and oxygen atoms in total. The van der Waals surface area contributed by atoms with E-state index in [2.05, 4.69) is 20.8 Å². The first-order chi connectivity index (χ1) is 14.7. The van der Waals surface area contributed by atoms with Crippen LogP contribution in [0.2, 0.25) is 0 Å². The zero-order chi connectivity index (χ0) is 22.4. The molecule has 0 fully saturated rings. The quantitative estimate of drug-likeness (QED) is 0.573. The van der Waals surface area contributed by atoms with E-state index in [1.807, 2.05) is 20.8 Å². The van der Waals surface area contributed by atoms with Crippen LogP contribution in [0.3, 0.4) is 0 Å². The minimum Gasteiger partial charge on any atom is -0.497 e. The fraction of sp³-hybridized carbons (Fsp3) is 0.273. The predicted octanol–water partition coefficient (Wildman–Crippen LogP) is 4.11. The van der Waals surface area contributed by atoms with Gasteiger partial charge in [0.05, 0.1) is 7.11 Å². The summed E-state index contributed by atoms with van der Waals surface area (Å²) >= 11 is 1.35. The molecule has 1 aromatic heterocycles. The molecule has 0 atom stereocenters. The van der Waals surface area contributed by atoms with Crippen molar-refractivity contribution in [2.45, 2.75) is 26.2 Å². The zero-order valence-electron chi connectivity index (χ0n) is 17.8. The number of methoxy groups -OCH3 is 1. The lowest BCUT2D eigenvalue weighted by atomic mass is 9.98. The van der Waals surface area contributed by atoms with Crippen LogP contribution in [0.15, 0.2) is 48.5 Å². The van der Waals surface area contributed by atoms with Gasteiger partial charge in [-0.05, 0) is 36.4 Å². The highest BCUT2D eigenvalue weighted by atomic mass is 32.1. The first-order valence-electron chi connectivity index (χ1n) is 9.57. The van der Waals surface area contributed by atoms with Gasteiger partial charge in [0.1, 0.15) is 16.5 Å². The number of aromatic nitrogens is 2. The Morgan fingerprint density at radius 1 is 1.00 bits per heavy atom. The third-order valence-electron chi connectivity index (χ3n) is 4.13. The van der Waals surface area contributed by atoms with Crippen molar-refractivity contribution in [1.29, 1.82) is 0 Å². The van der Waals surface area contributed by atoms with Crippen LogP contribution in [0, 0.1) is 0 Å². The first kappa shape index (κ1) is 22.2. The van der Waals surface area contributed by atoms with E-state index in [1.54, 1.807) is 55.6 Å². The van der Waals surface area contributed by atoms with E-state index in [-0.39, 0.29) is 23.8 Å². The van der Waals surface area contributed by atoms with E-state index in [0.29, 0.717) is 27.9 Å². The van der Waals surface area contributed by atoms with Gasteiger partial charge in [0.25, 0.3) is 11.8 Å². The number of hydrogen-bond donors (Lipinski definition) is 2. The van der Waals surface area contributed by atoms with E-state index >= 15 is 0 Å². The Balaban J connectivity index is 1.51. The lowest BCUT2D eigenvalue weighted by Gasteiger charge is -2.12.